The van der Waals surface area contributed by atoms with Crippen molar-refractivity contribution in [2.45, 2.75) is 6.42 Å². The summed E-state index contributed by atoms with van der Waals surface area (Å²) in [5.41, 5.74) is 0.487. The molecular weight excluding hydrogens is 341 g/mol. The summed E-state index contributed by atoms with van der Waals surface area (Å²) < 4.78 is 28.6. The fourth-order valence-corrected chi connectivity index (χ4v) is 2.15. The van der Waals surface area contributed by atoms with Crippen LogP contribution in [0.15, 0.2) is 48.5 Å². The molecule has 0 atom stereocenters. The van der Waals surface area contributed by atoms with Crippen molar-refractivity contribution in [2.75, 3.05) is 26.9 Å². The van der Waals surface area contributed by atoms with Gasteiger partial charge in [0.25, 0.3) is 5.91 Å². The summed E-state index contributed by atoms with van der Waals surface area (Å²) in [4.78, 5) is 23.3. The van der Waals surface area contributed by atoms with E-state index in [-0.39, 0.29) is 19.6 Å². The number of carbonyl (C=O) groups is 2. The minimum atomic E-state index is -0.601. The number of methoxy groups -OCH3 is 1. The Kier molecular flexibility index (Phi) is 7.42. The van der Waals surface area contributed by atoms with Crippen molar-refractivity contribution >= 4 is 11.9 Å². The summed E-state index contributed by atoms with van der Waals surface area (Å²) in [7, 11) is 1.54. The topological polar surface area (TPSA) is 73.9 Å². The predicted octanol–water partition coefficient (Wildman–Crippen LogP) is 2.12. The number of ether oxygens (including phenoxy) is 3. The quantitative estimate of drug-likeness (QED) is 0.547. The van der Waals surface area contributed by atoms with Gasteiger partial charge < -0.3 is 19.5 Å². The van der Waals surface area contributed by atoms with Crippen LogP contribution in [-0.2, 0) is 20.7 Å². The van der Waals surface area contributed by atoms with Crippen LogP contribution < -0.4 is 14.8 Å². The van der Waals surface area contributed by atoms with E-state index in [4.69, 9.17) is 14.2 Å². The van der Waals surface area contributed by atoms with E-state index in [1.54, 1.807) is 25.3 Å². The Bertz CT molecular complexity index is 750. The minimum Gasteiger partial charge on any atom is -0.493 e. The lowest BCUT2D eigenvalue weighted by molar-refractivity contribution is -0.147. The maximum Gasteiger partial charge on any atom is 0.310 e. The highest BCUT2D eigenvalue weighted by Gasteiger charge is 2.09. The maximum atomic E-state index is 13.0. The highest BCUT2D eigenvalue weighted by Crippen LogP contribution is 2.25. The van der Waals surface area contributed by atoms with Crippen LogP contribution in [0.3, 0.4) is 0 Å². The zero-order valence-electron chi connectivity index (χ0n) is 14.4. The number of esters is 1. The second-order valence-corrected chi connectivity index (χ2v) is 5.32. The van der Waals surface area contributed by atoms with Gasteiger partial charge in [0.2, 0.25) is 0 Å². The molecule has 7 heteroatoms. The first-order chi connectivity index (χ1) is 12.6. The van der Waals surface area contributed by atoms with Gasteiger partial charge in [-0.05, 0) is 29.8 Å². The number of para-hydroxylation sites is 2. The molecule has 0 aromatic heterocycles. The Morgan fingerprint density at radius 3 is 2.58 bits per heavy atom. The van der Waals surface area contributed by atoms with E-state index in [9.17, 15) is 14.0 Å². The fraction of sp³-hybridized carbons (Fsp3) is 0.263. The van der Waals surface area contributed by atoms with E-state index in [0.29, 0.717) is 17.1 Å². The Morgan fingerprint density at radius 1 is 1.08 bits per heavy atom. The maximum absolute atomic E-state index is 13.0. The fourth-order valence-electron chi connectivity index (χ4n) is 2.15. The van der Waals surface area contributed by atoms with Gasteiger partial charge in [-0.15, -0.1) is 0 Å². The van der Waals surface area contributed by atoms with Crippen molar-refractivity contribution in [1.29, 1.82) is 0 Å². The highest BCUT2D eigenvalue weighted by atomic mass is 19.1. The first-order valence-electron chi connectivity index (χ1n) is 8.01. The van der Waals surface area contributed by atoms with Crippen molar-refractivity contribution in [3.63, 3.8) is 0 Å². The van der Waals surface area contributed by atoms with Crippen molar-refractivity contribution in [2.24, 2.45) is 0 Å². The van der Waals surface area contributed by atoms with Crippen molar-refractivity contribution in [1.82, 2.24) is 5.32 Å². The van der Waals surface area contributed by atoms with Gasteiger partial charge in [0.1, 0.15) is 12.4 Å². The summed E-state index contributed by atoms with van der Waals surface area (Å²) in [5, 5.41) is 2.58. The van der Waals surface area contributed by atoms with Gasteiger partial charge in [0.05, 0.1) is 20.1 Å². The first-order valence-corrected chi connectivity index (χ1v) is 8.01. The van der Waals surface area contributed by atoms with Crippen LogP contribution >= 0.6 is 0 Å². The molecule has 2 aromatic rings. The molecule has 6 nitrogen and oxygen atoms in total. The molecule has 0 heterocycles. The lowest BCUT2D eigenvalue weighted by Crippen LogP contribution is -2.32. The van der Waals surface area contributed by atoms with Crippen LogP contribution in [0, 0.1) is 5.82 Å². The SMILES string of the molecule is COc1ccccc1OCCNC(=O)COC(=O)Cc1cccc(F)c1. The van der Waals surface area contributed by atoms with Gasteiger partial charge in [-0.3, -0.25) is 9.59 Å². The standard InChI is InChI=1S/C19H20FNO5/c1-24-16-7-2-3-8-17(16)25-10-9-21-18(22)13-26-19(23)12-14-5-4-6-15(20)11-14/h2-8,11H,9-10,12-13H2,1H3,(H,21,22). The van der Waals surface area contributed by atoms with E-state index in [1.807, 2.05) is 12.1 Å². The van der Waals surface area contributed by atoms with Crippen LogP contribution in [0.25, 0.3) is 0 Å². The van der Waals surface area contributed by atoms with Gasteiger partial charge in [0, 0.05) is 0 Å². The molecule has 2 aromatic carbocycles. The van der Waals surface area contributed by atoms with E-state index >= 15 is 0 Å². The summed E-state index contributed by atoms with van der Waals surface area (Å²) in [6.45, 7) is 0.0878. The molecule has 1 N–H and O–H groups in total. The molecule has 0 aliphatic heterocycles. The van der Waals surface area contributed by atoms with E-state index < -0.39 is 24.3 Å². The molecule has 2 rings (SSSR count). The normalized spacial score (nSPS) is 10.1. The van der Waals surface area contributed by atoms with Gasteiger partial charge in [-0.25, -0.2) is 4.39 Å². The first kappa shape index (κ1) is 19.2. The van der Waals surface area contributed by atoms with Crippen molar-refractivity contribution in [3.8, 4) is 11.5 Å². The summed E-state index contributed by atoms with van der Waals surface area (Å²) in [5.74, 6) is -0.295. The van der Waals surface area contributed by atoms with Gasteiger partial charge >= 0.3 is 5.97 Å². The molecule has 0 aliphatic rings. The Hall–Kier alpha value is -3.09. The molecule has 0 bridgehead atoms. The number of hydrogen-bond acceptors (Lipinski definition) is 5. The molecular formula is C19H20FNO5. The third-order valence-corrected chi connectivity index (χ3v) is 3.35. The molecule has 0 radical (unpaired) electrons. The molecule has 0 fully saturated rings. The number of benzene rings is 2. The van der Waals surface area contributed by atoms with Crippen molar-refractivity contribution in [3.05, 3.63) is 59.9 Å². The zero-order valence-corrected chi connectivity index (χ0v) is 14.4. The van der Waals surface area contributed by atoms with Gasteiger partial charge in [-0.1, -0.05) is 24.3 Å². The number of rotatable bonds is 9. The molecule has 0 saturated heterocycles. The van der Waals surface area contributed by atoms with Crippen LogP contribution in [0.5, 0.6) is 11.5 Å². The van der Waals surface area contributed by atoms with E-state index in [0.717, 1.165) is 0 Å². The molecule has 138 valence electrons. The van der Waals surface area contributed by atoms with E-state index in [2.05, 4.69) is 5.32 Å². The van der Waals surface area contributed by atoms with Crippen molar-refractivity contribution < 1.29 is 28.2 Å². The van der Waals surface area contributed by atoms with E-state index in [1.165, 1.54) is 18.2 Å². The zero-order chi connectivity index (χ0) is 18.8. The Labute approximate surface area is 150 Å². The second-order valence-electron chi connectivity index (χ2n) is 5.32. The smallest absolute Gasteiger partial charge is 0.310 e. The number of carbonyl (C=O) groups excluding carboxylic acids is 2. The average molecular weight is 361 g/mol. The highest BCUT2D eigenvalue weighted by molar-refractivity contribution is 5.81. The summed E-state index contributed by atoms with van der Waals surface area (Å²) >= 11 is 0. The van der Waals surface area contributed by atoms with Crippen LogP contribution in [-0.4, -0.2) is 38.7 Å². The predicted molar refractivity (Wildman–Crippen MR) is 92.6 cm³/mol. The van der Waals surface area contributed by atoms with Gasteiger partial charge in [0.15, 0.2) is 18.1 Å². The molecule has 0 saturated carbocycles. The van der Waals surface area contributed by atoms with Crippen LogP contribution in [0.2, 0.25) is 0 Å². The Balaban J connectivity index is 1.63. The lowest BCUT2D eigenvalue weighted by Gasteiger charge is -2.11. The number of nitrogens with one attached hydrogen (secondary N) is 1. The van der Waals surface area contributed by atoms with Gasteiger partial charge in [-0.2, -0.15) is 0 Å². The number of halogens is 1. The minimum absolute atomic E-state index is 0.0953. The Morgan fingerprint density at radius 2 is 1.85 bits per heavy atom. The molecule has 0 spiro atoms. The number of hydrogen-bond donors (Lipinski definition) is 1. The summed E-state index contributed by atoms with van der Waals surface area (Å²) in [6.07, 6.45) is -0.0953. The molecule has 0 unspecified atom stereocenters. The summed E-state index contributed by atoms with van der Waals surface area (Å²) in [6, 6.07) is 12.8. The van der Waals surface area contributed by atoms with Crippen LogP contribution in [0.4, 0.5) is 4.39 Å². The molecule has 0 aliphatic carbocycles. The molecule has 26 heavy (non-hydrogen) atoms. The average Bonchev–Trinajstić information content (AvgIpc) is 2.64. The largest absolute Gasteiger partial charge is 0.493 e. The number of amides is 1. The molecule has 1 amide bonds. The van der Waals surface area contributed by atoms with Crippen LogP contribution in [0.1, 0.15) is 5.56 Å². The third-order valence-electron chi connectivity index (χ3n) is 3.35. The lowest BCUT2D eigenvalue weighted by atomic mass is 10.1. The monoisotopic (exact) mass is 361 g/mol. The third kappa shape index (κ3) is 6.43. The second kappa shape index (κ2) is 10.0.